The van der Waals surface area contributed by atoms with Crippen LogP contribution in [0.2, 0.25) is 0 Å². The van der Waals surface area contributed by atoms with Crippen molar-refractivity contribution in [3.05, 3.63) is 65.0 Å². The zero-order valence-electron chi connectivity index (χ0n) is 21.6. The molecule has 3 aromatic rings. The van der Waals surface area contributed by atoms with Crippen LogP contribution >= 0.6 is 11.3 Å². The number of aliphatic carboxylic acids is 1. The van der Waals surface area contributed by atoms with Gasteiger partial charge in [-0.25, -0.2) is 4.98 Å². The van der Waals surface area contributed by atoms with Gasteiger partial charge in [0.25, 0.3) is 0 Å². The van der Waals surface area contributed by atoms with E-state index < -0.39 is 11.4 Å². The first-order chi connectivity index (χ1) is 18.4. The van der Waals surface area contributed by atoms with E-state index in [0.717, 1.165) is 67.4 Å². The lowest BCUT2D eigenvalue weighted by Gasteiger charge is -2.30. The molecule has 1 aromatic heterocycles. The summed E-state index contributed by atoms with van der Waals surface area (Å²) >= 11 is 1.38. The minimum absolute atomic E-state index is 0.210. The van der Waals surface area contributed by atoms with E-state index in [0.29, 0.717) is 24.6 Å². The molecule has 9 heteroatoms. The fraction of sp³-hybridized carbons (Fsp3) is 0.414. The SMILES string of the molecule is CN(C(=O)C1(CC(=O)O)Cc2ccccc2C1)c1nc(-c2ccc(OCCCN3CCOCC3)cc2)cs1. The average Bonchev–Trinajstić information content (AvgIpc) is 3.56. The second-order valence-electron chi connectivity index (χ2n) is 10.0. The van der Waals surface area contributed by atoms with Gasteiger partial charge in [-0.15, -0.1) is 11.3 Å². The predicted octanol–water partition coefficient (Wildman–Crippen LogP) is 4.13. The normalized spacial score (nSPS) is 16.7. The minimum Gasteiger partial charge on any atom is -0.494 e. The number of ether oxygens (including phenoxy) is 2. The van der Waals surface area contributed by atoms with Crippen LogP contribution in [0.1, 0.15) is 24.0 Å². The molecule has 1 fully saturated rings. The van der Waals surface area contributed by atoms with Crippen molar-refractivity contribution in [1.29, 1.82) is 0 Å². The fourth-order valence-electron chi connectivity index (χ4n) is 5.35. The number of fused-ring (bicyclic) bond motifs is 1. The number of thiazole rings is 1. The molecule has 1 aliphatic carbocycles. The highest BCUT2D eigenvalue weighted by molar-refractivity contribution is 7.14. The summed E-state index contributed by atoms with van der Waals surface area (Å²) in [6, 6.07) is 15.6. The van der Waals surface area contributed by atoms with E-state index in [1.165, 1.54) is 16.2 Å². The van der Waals surface area contributed by atoms with E-state index >= 15 is 0 Å². The number of carboxylic acid groups (broad SMARTS) is 1. The molecular weight excluding hydrogens is 502 g/mol. The summed E-state index contributed by atoms with van der Waals surface area (Å²) in [7, 11) is 1.69. The second-order valence-corrected chi connectivity index (χ2v) is 10.9. The van der Waals surface area contributed by atoms with Gasteiger partial charge >= 0.3 is 5.97 Å². The molecule has 2 heterocycles. The fourth-order valence-corrected chi connectivity index (χ4v) is 6.15. The van der Waals surface area contributed by atoms with Crippen LogP contribution < -0.4 is 9.64 Å². The van der Waals surface area contributed by atoms with E-state index in [4.69, 9.17) is 14.5 Å². The van der Waals surface area contributed by atoms with Gasteiger partial charge < -0.3 is 14.6 Å². The lowest BCUT2D eigenvalue weighted by atomic mass is 9.80. The number of morpholine rings is 1. The Morgan fingerprint density at radius 1 is 1.11 bits per heavy atom. The molecule has 0 radical (unpaired) electrons. The Morgan fingerprint density at radius 2 is 1.79 bits per heavy atom. The monoisotopic (exact) mass is 535 g/mol. The summed E-state index contributed by atoms with van der Waals surface area (Å²) in [4.78, 5) is 34.1. The Labute approximate surface area is 226 Å². The Morgan fingerprint density at radius 3 is 2.45 bits per heavy atom. The molecule has 0 atom stereocenters. The summed E-state index contributed by atoms with van der Waals surface area (Å²) in [5, 5.41) is 12.1. The molecule has 1 aliphatic heterocycles. The largest absolute Gasteiger partial charge is 0.494 e. The molecule has 0 spiro atoms. The first-order valence-electron chi connectivity index (χ1n) is 13.0. The first-order valence-corrected chi connectivity index (χ1v) is 13.9. The van der Waals surface area contributed by atoms with Gasteiger partial charge in [0.05, 0.1) is 37.4 Å². The van der Waals surface area contributed by atoms with Gasteiger partial charge in [0, 0.05) is 37.6 Å². The predicted molar refractivity (Wildman–Crippen MR) is 147 cm³/mol. The smallest absolute Gasteiger partial charge is 0.304 e. The van der Waals surface area contributed by atoms with Crippen molar-refractivity contribution in [3.8, 4) is 17.0 Å². The van der Waals surface area contributed by atoms with Gasteiger partial charge in [-0.05, 0) is 54.7 Å². The molecule has 5 rings (SSSR count). The van der Waals surface area contributed by atoms with Crippen molar-refractivity contribution in [2.24, 2.45) is 5.41 Å². The molecule has 0 bridgehead atoms. The van der Waals surface area contributed by atoms with Crippen LogP contribution in [0.3, 0.4) is 0 Å². The van der Waals surface area contributed by atoms with E-state index in [9.17, 15) is 14.7 Å². The number of carbonyl (C=O) groups excluding carboxylic acids is 1. The standard InChI is InChI=1S/C29H33N3O5S/c1-31(27(35)29(19-26(33)34)17-22-5-2-3-6-23(22)18-29)28-30-25(20-38-28)21-7-9-24(10-8-21)37-14-4-11-32-12-15-36-16-13-32/h2-3,5-10,20H,4,11-19H2,1H3,(H,33,34). The Kier molecular flexibility index (Phi) is 8.06. The highest BCUT2D eigenvalue weighted by Gasteiger charge is 2.47. The number of carbonyl (C=O) groups is 2. The quantitative estimate of drug-likeness (QED) is 0.390. The molecule has 38 heavy (non-hydrogen) atoms. The number of carboxylic acids is 1. The van der Waals surface area contributed by atoms with E-state index in [2.05, 4.69) is 4.90 Å². The Hall–Kier alpha value is -3.27. The van der Waals surface area contributed by atoms with Crippen LogP contribution in [-0.2, 0) is 27.2 Å². The number of aromatic nitrogens is 1. The molecular formula is C29H33N3O5S. The van der Waals surface area contributed by atoms with Crippen molar-refractivity contribution in [2.45, 2.75) is 25.7 Å². The maximum absolute atomic E-state index is 13.7. The number of rotatable bonds is 10. The van der Waals surface area contributed by atoms with Gasteiger partial charge in [-0.3, -0.25) is 19.4 Å². The van der Waals surface area contributed by atoms with Gasteiger partial charge in [-0.2, -0.15) is 0 Å². The molecule has 200 valence electrons. The summed E-state index contributed by atoms with van der Waals surface area (Å²) < 4.78 is 11.3. The summed E-state index contributed by atoms with van der Waals surface area (Å²) in [6.45, 7) is 5.25. The van der Waals surface area contributed by atoms with E-state index in [1.807, 2.05) is 53.9 Å². The number of hydrogen-bond donors (Lipinski definition) is 1. The number of hydrogen-bond acceptors (Lipinski definition) is 7. The lowest BCUT2D eigenvalue weighted by molar-refractivity contribution is -0.144. The highest BCUT2D eigenvalue weighted by atomic mass is 32.1. The highest BCUT2D eigenvalue weighted by Crippen LogP contribution is 2.42. The molecule has 0 unspecified atom stereocenters. The summed E-state index contributed by atoms with van der Waals surface area (Å²) in [5.74, 6) is -0.365. The number of amides is 1. The molecule has 1 amide bonds. The Bertz CT molecular complexity index is 1240. The third-order valence-electron chi connectivity index (χ3n) is 7.34. The topological polar surface area (TPSA) is 92.2 Å². The first kappa shape index (κ1) is 26.3. The average molecular weight is 536 g/mol. The third kappa shape index (κ3) is 5.90. The molecule has 8 nitrogen and oxygen atoms in total. The van der Waals surface area contributed by atoms with Gasteiger partial charge in [0.15, 0.2) is 5.13 Å². The van der Waals surface area contributed by atoms with Gasteiger partial charge in [0.2, 0.25) is 5.91 Å². The summed E-state index contributed by atoms with van der Waals surface area (Å²) in [5.41, 5.74) is 2.78. The van der Waals surface area contributed by atoms with Crippen molar-refractivity contribution < 1.29 is 24.2 Å². The van der Waals surface area contributed by atoms with Crippen molar-refractivity contribution in [1.82, 2.24) is 9.88 Å². The van der Waals surface area contributed by atoms with Crippen molar-refractivity contribution in [3.63, 3.8) is 0 Å². The van der Waals surface area contributed by atoms with Crippen molar-refractivity contribution >= 4 is 28.3 Å². The van der Waals surface area contributed by atoms with E-state index in [1.54, 1.807) is 7.05 Å². The molecule has 0 saturated carbocycles. The van der Waals surface area contributed by atoms with Crippen LogP contribution in [0.4, 0.5) is 5.13 Å². The molecule has 1 saturated heterocycles. The van der Waals surface area contributed by atoms with Crippen LogP contribution in [0, 0.1) is 5.41 Å². The third-order valence-corrected chi connectivity index (χ3v) is 8.26. The lowest BCUT2D eigenvalue weighted by Crippen LogP contribution is -2.44. The van der Waals surface area contributed by atoms with Gasteiger partial charge in [-0.1, -0.05) is 24.3 Å². The maximum atomic E-state index is 13.7. The van der Waals surface area contributed by atoms with Crippen LogP contribution in [0.25, 0.3) is 11.3 Å². The zero-order valence-corrected chi connectivity index (χ0v) is 22.4. The van der Waals surface area contributed by atoms with Crippen LogP contribution in [-0.4, -0.2) is 73.4 Å². The van der Waals surface area contributed by atoms with Crippen LogP contribution in [0.15, 0.2) is 53.9 Å². The van der Waals surface area contributed by atoms with Crippen LogP contribution in [0.5, 0.6) is 5.75 Å². The second kappa shape index (κ2) is 11.6. The number of nitrogens with zero attached hydrogens (tertiary/aromatic N) is 3. The number of benzene rings is 2. The molecule has 2 aromatic carbocycles. The zero-order chi connectivity index (χ0) is 26.5. The van der Waals surface area contributed by atoms with E-state index in [-0.39, 0.29) is 12.3 Å². The van der Waals surface area contributed by atoms with Gasteiger partial charge in [0.1, 0.15) is 5.75 Å². The summed E-state index contributed by atoms with van der Waals surface area (Å²) in [6.07, 6.45) is 1.60. The maximum Gasteiger partial charge on any atom is 0.304 e. The van der Waals surface area contributed by atoms with Crippen molar-refractivity contribution in [2.75, 3.05) is 51.4 Å². The molecule has 1 N–H and O–H groups in total. The number of anilines is 1. The Balaban J connectivity index is 1.20. The molecule has 2 aliphatic rings. The minimum atomic E-state index is -1.00.